The Morgan fingerprint density at radius 1 is 1.53 bits per heavy atom. The average Bonchev–Trinajstić information content (AvgIpc) is 2.81. The summed E-state index contributed by atoms with van der Waals surface area (Å²) in [5.74, 6) is -0.234. The number of hydrogen-bond donors (Lipinski definition) is 1. The highest BCUT2D eigenvalue weighted by Crippen LogP contribution is 2.30. The summed E-state index contributed by atoms with van der Waals surface area (Å²) in [6.45, 7) is 4.07. The lowest BCUT2D eigenvalue weighted by Crippen LogP contribution is -2.21. The number of esters is 1. The third-order valence-corrected chi connectivity index (χ3v) is 3.40. The first-order chi connectivity index (χ1) is 9.11. The van der Waals surface area contributed by atoms with Crippen LogP contribution >= 0.6 is 23.3 Å². The van der Waals surface area contributed by atoms with Gasteiger partial charge in [0.15, 0.2) is 0 Å². The van der Waals surface area contributed by atoms with Crippen molar-refractivity contribution in [1.82, 2.24) is 8.75 Å². The second kappa shape index (κ2) is 6.16. The fourth-order valence-electron chi connectivity index (χ4n) is 1.73. The van der Waals surface area contributed by atoms with Crippen LogP contribution in [-0.2, 0) is 9.53 Å². The van der Waals surface area contributed by atoms with Gasteiger partial charge < -0.3 is 10.1 Å². The zero-order chi connectivity index (χ0) is 13.8. The smallest absolute Gasteiger partial charge is 0.307 e. The quantitative estimate of drug-likeness (QED) is 0.860. The molecule has 0 radical (unpaired) electrons. The van der Waals surface area contributed by atoms with Crippen LogP contribution in [0.3, 0.4) is 0 Å². The molecule has 1 unspecified atom stereocenters. The van der Waals surface area contributed by atoms with Crippen molar-refractivity contribution < 1.29 is 9.53 Å². The maximum Gasteiger partial charge on any atom is 0.307 e. The summed E-state index contributed by atoms with van der Waals surface area (Å²) in [6, 6.07) is 3.50. The summed E-state index contributed by atoms with van der Waals surface area (Å²) in [5, 5.41) is 3.77. The first-order valence-electron chi connectivity index (χ1n) is 5.94. The zero-order valence-electron chi connectivity index (χ0n) is 10.6. The van der Waals surface area contributed by atoms with E-state index in [1.54, 1.807) is 13.0 Å². The minimum absolute atomic E-state index is 0.0937. The number of halogens is 1. The Kier molecular flexibility index (Phi) is 4.55. The summed E-state index contributed by atoms with van der Waals surface area (Å²) in [4.78, 5) is 11.4. The van der Waals surface area contributed by atoms with Gasteiger partial charge in [-0.25, -0.2) is 0 Å². The van der Waals surface area contributed by atoms with Crippen molar-refractivity contribution in [1.29, 1.82) is 0 Å². The van der Waals surface area contributed by atoms with E-state index < -0.39 is 0 Å². The molecule has 0 fully saturated rings. The monoisotopic (exact) mass is 299 g/mol. The molecule has 1 heterocycles. The van der Waals surface area contributed by atoms with Crippen molar-refractivity contribution in [3.63, 3.8) is 0 Å². The number of carbonyl (C=O) groups is 1. The van der Waals surface area contributed by atoms with Crippen molar-refractivity contribution in [2.75, 3.05) is 11.9 Å². The van der Waals surface area contributed by atoms with E-state index in [2.05, 4.69) is 14.1 Å². The predicted molar refractivity (Wildman–Crippen MR) is 76.8 cm³/mol. The van der Waals surface area contributed by atoms with Gasteiger partial charge in [0.1, 0.15) is 11.0 Å². The Labute approximate surface area is 120 Å². The van der Waals surface area contributed by atoms with Crippen LogP contribution in [0, 0.1) is 0 Å². The standard InChI is InChI=1S/C12H14ClN3O2S/c1-3-18-10(17)6-7(2)14-11-8(13)4-5-9-12(11)16-19-15-9/h4-5,7,14H,3,6H2,1-2H3. The summed E-state index contributed by atoms with van der Waals surface area (Å²) in [7, 11) is 0. The summed E-state index contributed by atoms with van der Waals surface area (Å²) < 4.78 is 13.3. The number of fused-ring (bicyclic) bond motifs is 1. The Morgan fingerprint density at radius 3 is 3.05 bits per heavy atom. The van der Waals surface area contributed by atoms with Crippen LogP contribution in [0.2, 0.25) is 5.02 Å². The number of benzene rings is 1. The highest BCUT2D eigenvalue weighted by Gasteiger charge is 2.15. The average molecular weight is 300 g/mol. The molecule has 0 aliphatic heterocycles. The van der Waals surface area contributed by atoms with Crippen LogP contribution in [-0.4, -0.2) is 27.4 Å². The highest BCUT2D eigenvalue weighted by molar-refractivity contribution is 7.00. The maximum atomic E-state index is 11.4. The fourth-order valence-corrected chi connectivity index (χ4v) is 2.48. The van der Waals surface area contributed by atoms with Gasteiger partial charge in [-0.1, -0.05) is 11.6 Å². The molecule has 1 N–H and O–H groups in total. The first-order valence-corrected chi connectivity index (χ1v) is 7.05. The molecule has 0 aliphatic rings. The summed E-state index contributed by atoms with van der Waals surface area (Å²) >= 11 is 7.29. The van der Waals surface area contributed by atoms with Crippen LogP contribution in [0.1, 0.15) is 20.3 Å². The molecule has 2 aromatic rings. The molecule has 0 saturated carbocycles. The number of anilines is 1. The number of nitrogens with zero attached hydrogens (tertiary/aromatic N) is 2. The van der Waals surface area contributed by atoms with Crippen LogP contribution in [0.25, 0.3) is 11.0 Å². The third kappa shape index (κ3) is 3.33. The van der Waals surface area contributed by atoms with E-state index in [0.29, 0.717) is 17.3 Å². The third-order valence-electron chi connectivity index (χ3n) is 2.55. The van der Waals surface area contributed by atoms with Crippen LogP contribution < -0.4 is 5.32 Å². The molecule has 0 saturated heterocycles. The number of rotatable bonds is 5. The predicted octanol–water partition coefficient (Wildman–Crippen LogP) is 3.10. The molecular weight excluding hydrogens is 286 g/mol. The van der Waals surface area contributed by atoms with Crippen molar-refractivity contribution in [3.05, 3.63) is 17.2 Å². The highest BCUT2D eigenvalue weighted by atomic mass is 35.5. The second-order valence-electron chi connectivity index (χ2n) is 4.11. The zero-order valence-corrected chi connectivity index (χ0v) is 12.2. The lowest BCUT2D eigenvalue weighted by Gasteiger charge is -2.15. The maximum absolute atomic E-state index is 11.4. The number of hydrogen-bond acceptors (Lipinski definition) is 6. The molecule has 5 nitrogen and oxygen atoms in total. The number of ether oxygens (including phenoxy) is 1. The van der Waals surface area contributed by atoms with Gasteiger partial charge in [0.05, 0.1) is 35.5 Å². The van der Waals surface area contributed by atoms with E-state index in [4.69, 9.17) is 16.3 Å². The van der Waals surface area contributed by atoms with Crippen molar-refractivity contribution in [2.45, 2.75) is 26.3 Å². The van der Waals surface area contributed by atoms with Gasteiger partial charge in [-0.2, -0.15) is 8.75 Å². The topological polar surface area (TPSA) is 64.1 Å². The van der Waals surface area contributed by atoms with E-state index in [1.165, 1.54) is 0 Å². The summed E-state index contributed by atoms with van der Waals surface area (Å²) in [5.41, 5.74) is 2.23. The lowest BCUT2D eigenvalue weighted by molar-refractivity contribution is -0.143. The van der Waals surface area contributed by atoms with Crippen molar-refractivity contribution in [3.8, 4) is 0 Å². The minimum atomic E-state index is -0.234. The van der Waals surface area contributed by atoms with E-state index >= 15 is 0 Å². The van der Waals surface area contributed by atoms with Crippen LogP contribution in [0.4, 0.5) is 5.69 Å². The Bertz CT molecular complexity index is 587. The van der Waals surface area contributed by atoms with Gasteiger partial charge >= 0.3 is 5.97 Å². The molecule has 0 amide bonds. The lowest BCUT2D eigenvalue weighted by atomic mass is 10.2. The summed E-state index contributed by atoms with van der Waals surface area (Å²) in [6.07, 6.45) is 0.276. The largest absolute Gasteiger partial charge is 0.466 e. The van der Waals surface area contributed by atoms with Gasteiger partial charge in [0, 0.05) is 6.04 Å². The Hall–Kier alpha value is -1.40. The van der Waals surface area contributed by atoms with E-state index in [0.717, 1.165) is 22.8 Å². The molecule has 1 aromatic heterocycles. The van der Waals surface area contributed by atoms with Crippen LogP contribution in [0.5, 0.6) is 0 Å². The molecule has 0 bridgehead atoms. The SMILES string of the molecule is CCOC(=O)CC(C)Nc1c(Cl)ccc2nsnc12. The van der Waals surface area contributed by atoms with Crippen LogP contribution in [0.15, 0.2) is 12.1 Å². The molecule has 2 rings (SSSR count). The van der Waals surface area contributed by atoms with E-state index in [9.17, 15) is 4.79 Å². The minimum Gasteiger partial charge on any atom is -0.466 e. The van der Waals surface area contributed by atoms with E-state index in [-0.39, 0.29) is 18.4 Å². The fraction of sp³-hybridized carbons (Fsp3) is 0.417. The number of aromatic nitrogens is 2. The molecule has 0 spiro atoms. The molecular formula is C12H14ClN3O2S. The molecule has 7 heteroatoms. The van der Waals surface area contributed by atoms with E-state index in [1.807, 2.05) is 13.0 Å². The van der Waals surface area contributed by atoms with Gasteiger partial charge in [-0.15, -0.1) is 0 Å². The first kappa shape index (κ1) is 14.0. The Morgan fingerprint density at radius 2 is 2.32 bits per heavy atom. The van der Waals surface area contributed by atoms with Gasteiger partial charge in [-0.05, 0) is 26.0 Å². The van der Waals surface area contributed by atoms with Crippen molar-refractivity contribution >= 4 is 46.0 Å². The Balaban J connectivity index is 2.14. The molecule has 1 atom stereocenters. The number of nitrogens with one attached hydrogen (secondary N) is 1. The molecule has 19 heavy (non-hydrogen) atoms. The van der Waals surface area contributed by atoms with Gasteiger partial charge in [0.2, 0.25) is 0 Å². The molecule has 102 valence electrons. The normalized spacial score (nSPS) is 12.4. The molecule has 0 aliphatic carbocycles. The van der Waals surface area contributed by atoms with Crippen molar-refractivity contribution in [2.24, 2.45) is 0 Å². The molecule has 1 aromatic carbocycles. The number of carbonyl (C=O) groups excluding carboxylic acids is 1. The second-order valence-corrected chi connectivity index (χ2v) is 5.04. The van der Waals surface area contributed by atoms with Gasteiger partial charge in [0.25, 0.3) is 0 Å². The van der Waals surface area contributed by atoms with Gasteiger partial charge in [-0.3, -0.25) is 4.79 Å².